The van der Waals surface area contributed by atoms with Gasteiger partial charge in [-0.1, -0.05) is 0 Å². The summed E-state index contributed by atoms with van der Waals surface area (Å²) in [6.07, 6.45) is 3.37. The molecule has 0 amide bonds. The molecule has 0 unspecified atom stereocenters. The molecule has 0 saturated heterocycles. The zero-order valence-corrected chi connectivity index (χ0v) is 10.4. The molecule has 2 aromatic heterocycles. The first kappa shape index (κ1) is 11.5. The Bertz CT molecular complexity index is 775. The van der Waals surface area contributed by atoms with Crippen LogP contribution in [0.25, 0.3) is 11.0 Å². The number of carbonyl (C=O) groups excluding carboxylic acids is 1. The molecule has 1 aromatic carbocycles. The molecule has 0 spiro atoms. The molecule has 94 valence electrons. The summed E-state index contributed by atoms with van der Waals surface area (Å²) in [7, 11) is 0. The van der Waals surface area contributed by atoms with Gasteiger partial charge >= 0.3 is 0 Å². The summed E-state index contributed by atoms with van der Waals surface area (Å²) < 4.78 is 1.52. The molecule has 0 aliphatic heterocycles. The fourth-order valence-corrected chi connectivity index (χ4v) is 2.06. The van der Waals surface area contributed by atoms with E-state index in [-0.39, 0.29) is 11.7 Å². The Morgan fingerprint density at radius 3 is 2.89 bits per heavy atom. The van der Waals surface area contributed by atoms with E-state index in [9.17, 15) is 9.90 Å². The predicted octanol–water partition coefficient (Wildman–Crippen LogP) is 2.74. The molecule has 19 heavy (non-hydrogen) atoms. The highest BCUT2D eigenvalue weighted by atomic mass is 16.3. The van der Waals surface area contributed by atoms with Gasteiger partial charge in [0.25, 0.3) is 5.91 Å². The van der Waals surface area contributed by atoms with Gasteiger partial charge in [-0.2, -0.15) is 0 Å². The molecule has 2 heterocycles. The van der Waals surface area contributed by atoms with Crippen LogP contribution in [0.5, 0.6) is 5.75 Å². The van der Waals surface area contributed by atoms with E-state index in [0.717, 1.165) is 5.39 Å². The van der Waals surface area contributed by atoms with Crippen molar-refractivity contribution in [2.75, 3.05) is 0 Å². The minimum absolute atomic E-state index is 0.156. The smallest absolute Gasteiger partial charge is 0.263 e. The summed E-state index contributed by atoms with van der Waals surface area (Å²) in [6, 6.07) is 10.4. The van der Waals surface area contributed by atoms with Crippen molar-refractivity contribution in [2.45, 2.75) is 6.92 Å². The Labute approximate surface area is 109 Å². The quantitative estimate of drug-likeness (QED) is 0.724. The molecule has 3 rings (SSSR count). The van der Waals surface area contributed by atoms with Gasteiger partial charge in [-0.25, -0.2) is 4.98 Å². The molecule has 1 N–H and O–H groups in total. The molecular weight excluding hydrogens is 240 g/mol. The monoisotopic (exact) mass is 252 g/mol. The van der Waals surface area contributed by atoms with Crippen LogP contribution in [0.15, 0.2) is 48.8 Å². The van der Waals surface area contributed by atoms with Gasteiger partial charge in [0.2, 0.25) is 0 Å². The number of rotatable bonds is 1. The van der Waals surface area contributed by atoms with Crippen LogP contribution in [-0.4, -0.2) is 20.6 Å². The Morgan fingerprint density at radius 1 is 1.26 bits per heavy atom. The van der Waals surface area contributed by atoms with Crippen LogP contribution in [0.2, 0.25) is 0 Å². The van der Waals surface area contributed by atoms with Crippen LogP contribution < -0.4 is 0 Å². The first-order valence-corrected chi connectivity index (χ1v) is 5.93. The van der Waals surface area contributed by atoms with E-state index in [1.807, 2.05) is 18.2 Å². The van der Waals surface area contributed by atoms with Crippen LogP contribution >= 0.6 is 0 Å². The summed E-state index contributed by atoms with van der Waals surface area (Å²) in [4.78, 5) is 16.6. The summed E-state index contributed by atoms with van der Waals surface area (Å²) in [6.45, 7) is 1.76. The lowest BCUT2D eigenvalue weighted by Gasteiger charge is -2.05. The minimum atomic E-state index is -0.156. The molecule has 0 fully saturated rings. The maximum absolute atomic E-state index is 12.4. The van der Waals surface area contributed by atoms with Gasteiger partial charge in [-0.15, -0.1) is 0 Å². The van der Waals surface area contributed by atoms with Gasteiger partial charge in [-0.3, -0.25) is 9.36 Å². The van der Waals surface area contributed by atoms with Crippen molar-refractivity contribution in [1.82, 2.24) is 9.55 Å². The lowest BCUT2D eigenvalue weighted by Crippen LogP contribution is -2.11. The maximum atomic E-state index is 12.4. The number of benzene rings is 1. The van der Waals surface area contributed by atoms with Crippen molar-refractivity contribution in [3.05, 3.63) is 59.9 Å². The van der Waals surface area contributed by atoms with Crippen LogP contribution in [0, 0.1) is 6.92 Å². The molecule has 0 aliphatic carbocycles. The lowest BCUT2D eigenvalue weighted by molar-refractivity contribution is 0.0964. The second-order valence-electron chi connectivity index (χ2n) is 4.41. The van der Waals surface area contributed by atoms with Gasteiger partial charge in [-0.05, 0) is 48.9 Å². The standard InChI is InChI=1S/C15H12N2O2/c1-10-9-12(4-5-13(10)18)15(19)17-8-6-11-3-2-7-16-14(11)17/h2-9,18H,1H3. The number of pyridine rings is 1. The molecule has 4 heteroatoms. The fraction of sp³-hybridized carbons (Fsp3) is 0.0667. The van der Waals surface area contributed by atoms with Crippen molar-refractivity contribution in [3.63, 3.8) is 0 Å². The molecule has 0 saturated carbocycles. The van der Waals surface area contributed by atoms with E-state index < -0.39 is 0 Å². The van der Waals surface area contributed by atoms with Crippen molar-refractivity contribution in [2.24, 2.45) is 0 Å². The third-order valence-electron chi connectivity index (χ3n) is 3.11. The second-order valence-corrected chi connectivity index (χ2v) is 4.41. The zero-order valence-electron chi connectivity index (χ0n) is 10.4. The SMILES string of the molecule is Cc1cc(C(=O)n2ccc3cccnc32)ccc1O. The highest BCUT2D eigenvalue weighted by molar-refractivity contribution is 6.01. The number of phenolic OH excluding ortho intramolecular Hbond substituents is 1. The van der Waals surface area contributed by atoms with Crippen molar-refractivity contribution >= 4 is 16.9 Å². The summed E-state index contributed by atoms with van der Waals surface area (Å²) in [5, 5.41) is 10.4. The van der Waals surface area contributed by atoms with Crippen molar-refractivity contribution < 1.29 is 9.90 Å². The number of carbonyl (C=O) groups is 1. The number of fused-ring (bicyclic) bond motifs is 1. The van der Waals surface area contributed by atoms with Gasteiger partial charge in [0.05, 0.1) is 0 Å². The molecule has 0 radical (unpaired) electrons. The average molecular weight is 252 g/mol. The number of hydrogen-bond acceptors (Lipinski definition) is 3. The Balaban J connectivity index is 2.11. The fourth-order valence-electron chi connectivity index (χ4n) is 2.06. The van der Waals surface area contributed by atoms with Crippen LogP contribution in [0.3, 0.4) is 0 Å². The third-order valence-corrected chi connectivity index (χ3v) is 3.11. The predicted molar refractivity (Wildman–Crippen MR) is 72.3 cm³/mol. The molecule has 3 aromatic rings. The normalized spacial score (nSPS) is 10.8. The molecular formula is C15H12N2O2. The number of hydrogen-bond donors (Lipinski definition) is 1. The van der Waals surface area contributed by atoms with E-state index in [4.69, 9.17) is 0 Å². The molecule has 0 bridgehead atoms. The van der Waals surface area contributed by atoms with Crippen molar-refractivity contribution in [3.8, 4) is 5.75 Å². The number of nitrogens with zero attached hydrogens (tertiary/aromatic N) is 2. The van der Waals surface area contributed by atoms with E-state index in [1.165, 1.54) is 10.6 Å². The largest absolute Gasteiger partial charge is 0.508 e. The zero-order chi connectivity index (χ0) is 13.4. The number of aromatic nitrogens is 2. The molecule has 0 aliphatic rings. The molecule has 0 atom stereocenters. The van der Waals surface area contributed by atoms with Crippen molar-refractivity contribution in [1.29, 1.82) is 0 Å². The second kappa shape index (κ2) is 4.24. The Kier molecular flexibility index (Phi) is 2.56. The highest BCUT2D eigenvalue weighted by Gasteiger charge is 2.12. The Morgan fingerprint density at radius 2 is 2.11 bits per heavy atom. The first-order valence-electron chi connectivity index (χ1n) is 5.93. The van der Waals surface area contributed by atoms with E-state index in [2.05, 4.69) is 4.98 Å². The van der Waals surface area contributed by atoms with E-state index in [0.29, 0.717) is 16.8 Å². The third kappa shape index (κ3) is 1.87. The highest BCUT2D eigenvalue weighted by Crippen LogP contribution is 2.19. The van der Waals surface area contributed by atoms with E-state index >= 15 is 0 Å². The number of phenols is 1. The number of aromatic hydroxyl groups is 1. The van der Waals surface area contributed by atoms with Crippen LogP contribution in [-0.2, 0) is 0 Å². The molecule has 4 nitrogen and oxygen atoms in total. The average Bonchev–Trinajstić information content (AvgIpc) is 2.85. The topological polar surface area (TPSA) is 55.1 Å². The van der Waals surface area contributed by atoms with Gasteiger partial charge in [0, 0.05) is 23.3 Å². The van der Waals surface area contributed by atoms with Crippen LogP contribution in [0.1, 0.15) is 15.9 Å². The van der Waals surface area contributed by atoms with Gasteiger partial charge in [0.15, 0.2) is 0 Å². The lowest BCUT2D eigenvalue weighted by atomic mass is 10.1. The van der Waals surface area contributed by atoms with E-state index in [1.54, 1.807) is 31.5 Å². The van der Waals surface area contributed by atoms with Gasteiger partial charge in [0.1, 0.15) is 11.4 Å². The first-order chi connectivity index (χ1) is 9.16. The van der Waals surface area contributed by atoms with Crippen LogP contribution in [0.4, 0.5) is 0 Å². The minimum Gasteiger partial charge on any atom is -0.508 e. The summed E-state index contributed by atoms with van der Waals surface area (Å²) in [5.41, 5.74) is 1.84. The van der Waals surface area contributed by atoms with Gasteiger partial charge < -0.3 is 5.11 Å². The maximum Gasteiger partial charge on any atom is 0.263 e. The summed E-state index contributed by atoms with van der Waals surface area (Å²) >= 11 is 0. The summed E-state index contributed by atoms with van der Waals surface area (Å²) in [5.74, 6) is 0.0313. The Hall–Kier alpha value is -2.62. The number of aryl methyl sites for hydroxylation is 1.